The van der Waals surface area contributed by atoms with Crippen molar-refractivity contribution < 1.29 is 33.5 Å². The van der Waals surface area contributed by atoms with E-state index in [1.54, 1.807) is 36.5 Å². The smallest absolute Gasteiger partial charge is 0.262 e. The molecule has 0 spiro atoms. The molecule has 0 aliphatic carbocycles. The molecule has 0 radical (unpaired) electrons. The fraction of sp³-hybridized carbons (Fsp3) is 0.348. The van der Waals surface area contributed by atoms with Crippen molar-refractivity contribution in [1.82, 2.24) is 35.0 Å². The number of ether oxygens (including phenoxy) is 1. The lowest BCUT2D eigenvalue weighted by Gasteiger charge is -2.36. The molecule has 5 amide bonds. The highest BCUT2D eigenvalue weighted by atomic mass is 35.5. The number of amides is 5. The van der Waals surface area contributed by atoms with E-state index in [9.17, 15) is 28.8 Å². The molecule has 17 heteroatoms. The maximum atomic E-state index is 13.8. The summed E-state index contributed by atoms with van der Waals surface area (Å²) in [5.41, 5.74) is 2.66. The van der Waals surface area contributed by atoms with Crippen LogP contribution >= 0.6 is 11.6 Å². The lowest BCUT2D eigenvalue weighted by molar-refractivity contribution is -0.136. The number of piperazine rings is 1. The highest BCUT2D eigenvalue weighted by Gasteiger charge is 2.45. The van der Waals surface area contributed by atoms with E-state index in [1.807, 2.05) is 41.3 Å². The Morgan fingerprint density at radius 2 is 1.59 bits per heavy atom. The van der Waals surface area contributed by atoms with E-state index in [-0.39, 0.29) is 46.7 Å². The summed E-state index contributed by atoms with van der Waals surface area (Å²) in [6.07, 6.45) is 6.92. The van der Waals surface area contributed by atoms with Gasteiger partial charge in [-0.2, -0.15) is 0 Å². The second-order valence-electron chi connectivity index (χ2n) is 16.3. The number of aromatic nitrogens is 3. The Balaban J connectivity index is 0.714. The molecule has 1 atom stereocenters. The first kappa shape index (κ1) is 41.7. The third-order valence-corrected chi connectivity index (χ3v) is 12.7. The van der Waals surface area contributed by atoms with Crippen LogP contribution < -0.4 is 20.3 Å². The first-order valence-electron chi connectivity index (χ1n) is 21.4. The summed E-state index contributed by atoms with van der Waals surface area (Å²) in [7, 11) is 0. The molecule has 4 aliphatic rings. The molecule has 0 saturated carbocycles. The van der Waals surface area contributed by atoms with E-state index in [0.29, 0.717) is 59.0 Å². The molecule has 5 aromatic rings. The highest BCUT2D eigenvalue weighted by molar-refractivity contribution is 6.36. The van der Waals surface area contributed by atoms with Gasteiger partial charge >= 0.3 is 0 Å². The number of benzene rings is 3. The molecule has 4 aliphatic heterocycles. The summed E-state index contributed by atoms with van der Waals surface area (Å²) in [5.74, 6) is -0.439. The van der Waals surface area contributed by atoms with E-state index in [2.05, 4.69) is 35.4 Å². The molecular formula is C46H46ClN9O7. The van der Waals surface area contributed by atoms with Crippen LogP contribution in [0.3, 0.4) is 0 Å². The fourth-order valence-electron chi connectivity index (χ4n) is 8.89. The number of nitrogens with zero attached hydrogens (tertiary/aromatic N) is 6. The van der Waals surface area contributed by atoms with Crippen LogP contribution in [0.25, 0.3) is 11.0 Å². The van der Waals surface area contributed by atoms with Gasteiger partial charge in [0.25, 0.3) is 11.8 Å². The quantitative estimate of drug-likeness (QED) is 0.0774. The van der Waals surface area contributed by atoms with Crippen LogP contribution in [0.15, 0.2) is 79.3 Å². The molecule has 324 valence electrons. The molecular weight excluding hydrogens is 826 g/mol. The number of likely N-dealkylation sites (tertiary alicyclic amines) is 1. The molecule has 6 heterocycles. The Morgan fingerprint density at radius 1 is 0.810 bits per heavy atom. The van der Waals surface area contributed by atoms with Crippen LogP contribution in [0.4, 0.5) is 11.5 Å². The zero-order valence-electron chi connectivity index (χ0n) is 34.5. The van der Waals surface area contributed by atoms with Gasteiger partial charge in [-0.05, 0) is 81.1 Å². The first-order valence-corrected chi connectivity index (χ1v) is 21.8. The lowest BCUT2D eigenvalue weighted by Crippen LogP contribution is -2.54. The number of carbonyl (C=O) groups excluding carboxylic acids is 6. The Morgan fingerprint density at radius 3 is 2.35 bits per heavy atom. The molecule has 63 heavy (non-hydrogen) atoms. The monoisotopic (exact) mass is 871 g/mol. The van der Waals surface area contributed by atoms with Crippen LogP contribution in [0.1, 0.15) is 81.6 Å². The summed E-state index contributed by atoms with van der Waals surface area (Å²) in [5, 5.41) is 6.60. The average molecular weight is 872 g/mol. The summed E-state index contributed by atoms with van der Waals surface area (Å²) < 4.78 is 5.89. The van der Waals surface area contributed by atoms with Crippen LogP contribution in [0.2, 0.25) is 5.02 Å². The summed E-state index contributed by atoms with van der Waals surface area (Å²) in [4.78, 5) is 97.0. The number of ketones is 1. The summed E-state index contributed by atoms with van der Waals surface area (Å²) >= 11 is 6.61. The van der Waals surface area contributed by atoms with Crippen LogP contribution in [-0.2, 0) is 14.4 Å². The molecule has 3 saturated heterocycles. The Hall–Kier alpha value is -6.65. The maximum absolute atomic E-state index is 13.8. The van der Waals surface area contributed by atoms with Crippen molar-refractivity contribution in [2.75, 3.05) is 56.0 Å². The third-order valence-electron chi connectivity index (χ3n) is 12.3. The van der Waals surface area contributed by atoms with Gasteiger partial charge in [-0.15, -0.1) is 0 Å². The number of anilines is 2. The number of para-hydroxylation sites is 1. The van der Waals surface area contributed by atoms with Gasteiger partial charge in [0.2, 0.25) is 17.7 Å². The number of H-pyrrole nitrogens is 1. The van der Waals surface area contributed by atoms with Gasteiger partial charge in [0, 0.05) is 81.7 Å². The molecule has 1 unspecified atom stereocenters. The molecule has 0 bridgehead atoms. The number of hydrogen-bond acceptors (Lipinski definition) is 12. The van der Waals surface area contributed by atoms with E-state index in [1.165, 1.54) is 6.33 Å². The number of rotatable bonds is 13. The molecule has 3 fully saturated rings. The van der Waals surface area contributed by atoms with Crippen molar-refractivity contribution in [2.45, 2.75) is 57.0 Å². The lowest BCUT2D eigenvalue weighted by atomic mass is 10.0. The SMILES string of the molecule is O=C1CCC(N2C(=O)c3ccc(N4CCN(CCCCC(=O)N5CCC(Nc6ncnc7[nH]cc(C(=O)c8ccc(Oc9ccccc9)cc8Cl)c67)CC5)CC4)cc3C2=O)C(=O)N1. The van der Waals surface area contributed by atoms with Gasteiger partial charge in [-0.1, -0.05) is 29.8 Å². The van der Waals surface area contributed by atoms with E-state index >= 15 is 0 Å². The van der Waals surface area contributed by atoms with Gasteiger partial charge in [0.05, 0.1) is 27.1 Å². The molecule has 16 nitrogen and oxygen atoms in total. The normalized spacial score (nSPS) is 18.5. The van der Waals surface area contributed by atoms with Gasteiger partial charge in [-0.3, -0.25) is 43.9 Å². The Bertz CT molecular complexity index is 2600. The van der Waals surface area contributed by atoms with E-state index < -0.39 is 29.7 Å². The number of imide groups is 2. The van der Waals surface area contributed by atoms with E-state index in [0.717, 1.165) is 69.0 Å². The minimum Gasteiger partial charge on any atom is -0.457 e. The Labute approximate surface area is 367 Å². The molecule has 9 rings (SSSR count). The number of halogens is 1. The van der Waals surface area contributed by atoms with Crippen molar-refractivity contribution in [3.05, 3.63) is 107 Å². The molecule has 3 N–H and O–H groups in total. The largest absolute Gasteiger partial charge is 0.457 e. The second-order valence-corrected chi connectivity index (χ2v) is 16.7. The molecule has 2 aromatic heterocycles. The maximum Gasteiger partial charge on any atom is 0.262 e. The van der Waals surface area contributed by atoms with Crippen molar-refractivity contribution in [2.24, 2.45) is 0 Å². The van der Waals surface area contributed by atoms with Gasteiger partial charge in [0.1, 0.15) is 35.3 Å². The van der Waals surface area contributed by atoms with Crippen molar-refractivity contribution >= 4 is 69.5 Å². The van der Waals surface area contributed by atoms with Crippen LogP contribution in [-0.4, -0.2) is 123 Å². The number of fused-ring (bicyclic) bond motifs is 2. The number of piperidine rings is 2. The first-order chi connectivity index (χ1) is 30.6. The number of carbonyl (C=O) groups is 6. The summed E-state index contributed by atoms with van der Waals surface area (Å²) in [6, 6.07) is 18.6. The predicted molar refractivity (Wildman–Crippen MR) is 234 cm³/mol. The minimum absolute atomic E-state index is 0.0500. The van der Waals surface area contributed by atoms with Gasteiger partial charge < -0.3 is 24.8 Å². The predicted octanol–water partition coefficient (Wildman–Crippen LogP) is 5.43. The van der Waals surface area contributed by atoms with Crippen molar-refractivity contribution in [3.8, 4) is 11.5 Å². The molecule has 3 aromatic carbocycles. The highest BCUT2D eigenvalue weighted by Crippen LogP contribution is 2.33. The number of aromatic amines is 1. The number of hydrogen-bond donors (Lipinski definition) is 3. The number of unbranched alkanes of at least 4 members (excludes halogenated alkanes) is 1. The van der Waals surface area contributed by atoms with Gasteiger partial charge in [0.15, 0.2) is 5.78 Å². The standard InChI is InChI=1S/C46H46ClN9O7/c47-36-25-31(63-30-6-2-1-3-7-30)10-12-33(36)41(59)35-26-48-42-40(35)43(50-27-49-42)51-28-15-18-55(19-16-28)39(58)8-4-5-17-53-20-22-54(23-21-53)29-9-11-32-34(24-29)46(62)56(45(32)61)37-13-14-38(57)52-44(37)60/h1-3,6-7,9-12,24-28,37H,4-5,8,13-23H2,(H,52,57,60)(H2,48,49,50,51). The topological polar surface area (TPSA) is 190 Å². The van der Waals surface area contributed by atoms with Crippen LogP contribution in [0, 0.1) is 0 Å². The third kappa shape index (κ3) is 8.73. The van der Waals surface area contributed by atoms with Gasteiger partial charge in [-0.25, -0.2) is 9.97 Å². The van der Waals surface area contributed by atoms with Crippen LogP contribution in [0.5, 0.6) is 11.5 Å². The zero-order valence-corrected chi connectivity index (χ0v) is 35.2. The van der Waals surface area contributed by atoms with Crippen molar-refractivity contribution in [1.29, 1.82) is 0 Å². The number of nitrogens with one attached hydrogen (secondary N) is 3. The minimum atomic E-state index is -0.992. The second kappa shape index (κ2) is 18.0. The Kier molecular flexibility index (Phi) is 11.9. The fourth-order valence-corrected chi connectivity index (χ4v) is 9.14. The average Bonchev–Trinajstić information content (AvgIpc) is 3.84. The van der Waals surface area contributed by atoms with Crippen molar-refractivity contribution in [3.63, 3.8) is 0 Å². The summed E-state index contributed by atoms with van der Waals surface area (Å²) in [6.45, 7) is 5.26. The zero-order chi connectivity index (χ0) is 43.6. The van der Waals surface area contributed by atoms with E-state index in [4.69, 9.17) is 16.3 Å².